The molecule has 1 amide bonds. The summed E-state index contributed by atoms with van der Waals surface area (Å²) in [4.78, 5) is 25.2. The van der Waals surface area contributed by atoms with Gasteiger partial charge in [-0.3, -0.25) is 9.59 Å². The summed E-state index contributed by atoms with van der Waals surface area (Å²) in [6, 6.07) is 4.02. The smallest absolute Gasteiger partial charge is 0.310 e. The van der Waals surface area contributed by atoms with Crippen molar-refractivity contribution in [2.24, 2.45) is 5.92 Å². The fourth-order valence-electron chi connectivity index (χ4n) is 1.86. The molecule has 1 atom stereocenters. The van der Waals surface area contributed by atoms with Gasteiger partial charge < -0.3 is 9.64 Å². The molecule has 1 rings (SSSR count). The normalized spacial score (nSPS) is 11.6. The molecule has 0 radical (unpaired) electrons. The van der Waals surface area contributed by atoms with Crippen LogP contribution in [0.5, 0.6) is 0 Å². The Morgan fingerprint density at radius 2 is 2.19 bits per heavy atom. The zero-order chi connectivity index (χ0) is 16.0. The Labute approximate surface area is 128 Å². The van der Waals surface area contributed by atoms with E-state index in [0.29, 0.717) is 0 Å². The van der Waals surface area contributed by atoms with Crippen molar-refractivity contribution in [3.05, 3.63) is 47.3 Å². The highest BCUT2D eigenvalue weighted by Crippen LogP contribution is 2.21. The zero-order valence-electron chi connectivity index (χ0n) is 11.9. The minimum absolute atomic E-state index is 0.0276. The van der Waals surface area contributed by atoms with Crippen LogP contribution in [-0.4, -0.2) is 37.0 Å². The molecule has 0 heterocycles. The quantitative estimate of drug-likeness (QED) is 0.599. The summed E-state index contributed by atoms with van der Waals surface area (Å²) in [5, 5.41) is 0.0276. The summed E-state index contributed by atoms with van der Waals surface area (Å²) >= 11 is 5.89. The third-order valence-electron chi connectivity index (χ3n) is 2.91. The highest BCUT2D eigenvalue weighted by molar-refractivity contribution is 6.33. The van der Waals surface area contributed by atoms with Crippen LogP contribution in [0.2, 0.25) is 5.02 Å². The van der Waals surface area contributed by atoms with Crippen LogP contribution >= 0.6 is 11.6 Å². The first kappa shape index (κ1) is 17.2. The lowest BCUT2D eigenvalue weighted by Gasteiger charge is -2.24. The Morgan fingerprint density at radius 3 is 2.71 bits per heavy atom. The van der Waals surface area contributed by atoms with Crippen molar-refractivity contribution in [3.8, 4) is 0 Å². The van der Waals surface area contributed by atoms with Crippen molar-refractivity contribution in [1.82, 2.24) is 4.90 Å². The summed E-state index contributed by atoms with van der Waals surface area (Å²) < 4.78 is 18.4. The molecular weight excluding hydrogens is 297 g/mol. The van der Waals surface area contributed by atoms with Gasteiger partial charge in [-0.1, -0.05) is 30.7 Å². The molecule has 0 N–H and O–H groups in total. The van der Waals surface area contributed by atoms with E-state index in [1.54, 1.807) is 6.92 Å². The van der Waals surface area contributed by atoms with Crippen LogP contribution in [0, 0.1) is 11.7 Å². The van der Waals surface area contributed by atoms with Gasteiger partial charge in [0.25, 0.3) is 5.91 Å². The average Bonchev–Trinajstić information content (AvgIpc) is 2.45. The number of carbonyl (C=O) groups is 2. The second-order valence-electron chi connectivity index (χ2n) is 4.52. The van der Waals surface area contributed by atoms with Gasteiger partial charge in [-0.05, 0) is 12.1 Å². The fraction of sp³-hybridized carbons (Fsp3) is 0.333. The Bertz CT molecular complexity index is 527. The molecule has 0 aliphatic carbocycles. The van der Waals surface area contributed by atoms with Crippen molar-refractivity contribution in [1.29, 1.82) is 0 Å². The van der Waals surface area contributed by atoms with Crippen LogP contribution in [0.1, 0.15) is 17.3 Å². The van der Waals surface area contributed by atoms with Crippen LogP contribution in [-0.2, 0) is 9.53 Å². The fourth-order valence-corrected chi connectivity index (χ4v) is 2.11. The topological polar surface area (TPSA) is 46.6 Å². The maximum atomic E-state index is 13.8. The molecule has 0 saturated carbocycles. The largest absolute Gasteiger partial charge is 0.469 e. The molecule has 0 spiro atoms. The molecular formula is C15H17ClFNO3. The standard InChI is InChI=1S/C15H17ClFNO3/c1-4-8-18(9-10(2)15(20)21-3)14(19)13-11(16)6-5-7-12(13)17/h4-7,10H,1,8-9H2,2-3H3. The lowest BCUT2D eigenvalue weighted by molar-refractivity contribution is -0.145. The highest BCUT2D eigenvalue weighted by atomic mass is 35.5. The summed E-state index contributed by atoms with van der Waals surface area (Å²) in [5.74, 6) is -2.28. The first-order chi connectivity index (χ1) is 9.92. The van der Waals surface area contributed by atoms with E-state index in [4.69, 9.17) is 11.6 Å². The van der Waals surface area contributed by atoms with Gasteiger partial charge in [0.15, 0.2) is 0 Å². The van der Waals surface area contributed by atoms with E-state index in [1.807, 2.05) is 0 Å². The highest BCUT2D eigenvalue weighted by Gasteiger charge is 2.25. The van der Waals surface area contributed by atoms with E-state index in [1.165, 1.54) is 30.2 Å². The summed E-state index contributed by atoms with van der Waals surface area (Å²) in [6.07, 6.45) is 1.50. The monoisotopic (exact) mass is 313 g/mol. The van der Waals surface area contributed by atoms with Gasteiger partial charge in [0.2, 0.25) is 0 Å². The van der Waals surface area contributed by atoms with Crippen molar-refractivity contribution >= 4 is 23.5 Å². The third kappa shape index (κ3) is 4.29. The number of esters is 1. The van der Waals surface area contributed by atoms with Crippen LogP contribution < -0.4 is 0 Å². The van der Waals surface area contributed by atoms with Crippen molar-refractivity contribution < 1.29 is 18.7 Å². The molecule has 1 aromatic rings. The van der Waals surface area contributed by atoms with Gasteiger partial charge in [-0.15, -0.1) is 6.58 Å². The predicted octanol–water partition coefficient (Wildman–Crippen LogP) is 2.92. The zero-order valence-corrected chi connectivity index (χ0v) is 12.7. The maximum absolute atomic E-state index is 13.8. The summed E-state index contributed by atoms with van der Waals surface area (Å²) in [5.41, 5.74) is -0.210. The molecule has 21 heavy (non-hydrogen) atoms. The molecule has 6 heteroatoms. The molecule has 4 nitrogen and oxygen atoms in total. The lowest BCUT2D eigenvalue weighted by Crippen LogP contribution is -2.38. The molecule has 0 bridgehead atoms. The number of carbonyl (C=O) groups excluding carboxylic acids is 2. The lowest BCUT2D eigenvalue weighted by atomic mass is 10.1. The van der Waals surface area contributed by atoms with Gasteiger partial charge in [0, 0.05) is 13.1 Å². The van der Waals surface area contributed by atoms with Crippen molar-refractivity contribution in [2.75, 3.05) is 20.2 Å². The van der Waals surface area contributed by atoms with Crippen LogP contribution in [0.15, 0.2) is 30.9 Å². The number of halogens is 2. The van der Waals surface area contributed by atoms with E-state index in [0.717, 1.165) is 6.07 Å². The van der Waals surface area contributed by atoms with Gasteiger partial charge >= 0.3 is 5.97 Å². The number of amides is 1. The Kier molecular flexibility index (Phi) is 6.37. The minimum atomic E-state index is -0.702. The number of hydrogen-bond donors (Lipinski definition) is 0. The van der Waals surface area contributed by atoms with Crippen molar-refractivity contribution in [3.63, 3.8) is 0 Å². The Hall–Kier alpha value is -1.88. The maximum Gasteiger partial charge on any atom is 0.310 e. The van der Waals surface area contributed by atoms with E-state index >= 15 is 0 Å². The molecule has 1 unspecified atom stereocenters. The number of hydrogen-bond acceptors (Lipinski definition) is 3. The minimum Gasteiger partial charge on any atom is -0.469 e. The number of nitrogens with zero attached hydrogens (tertiary/aromatic N) is 1. The Morgan fingerprint density at radius 1 is 1.52 bits per heavy atom. The van der Waals surface area contributed by atoms with Gasteiger partial charge in [-0.2, -0.15) is 0 Å². The van der Waals surface area contributed by atoms with Crippen LogP contribution in [0.3, 0.4) is 0 Å². The average molecular weight is 314 g/mol. The second-order valence-corrected chi connectivity index (χ2v) is 4.93. The van der Waals surface area contributed by atoms with Crippen LogP contribution in [0.4, 0.5) is 4.39 Å². The molecule has 1 aromatic carbocycles. The van der Waals surface area contributed by atoms with E-state index in [9.17, 15) is 14.0 Å². The number of methoxy groups -OCH3 is 1. The van der Waals surface area contributed by atoms with E-state index in [-0.39, 0.29) is 23.7 Å². The molecule has 0 aliphatic heterocycles. The SMILES string of the molecule is C=CCN(CC(C)C(=O)OC)C(=O)c1c(F)cccc1Cl. The molecule has 0 saturated heterocycles. The predicted molar refractivity (Wildman–Crippen MR) is 78.7 cm³/mol. The third-order valence-corrected chi connectivity index (χ3v) is 3.23. The summed E-state index contributed by atoms with van der Waals surface area (Å²) in [7, 11) is 1.27. The number of ether oxygens (including phenoxy) is 1. The second kappa shape index (κ2) is 7.78. The Balaban J connectivity index is 3.02. The molecule has 0 aromatic heterocycles. The molecule has 114 valence electrons. The van der Waals surface area contributed by atoms with Gasteiger partial charge in [0.1, 0.15) is 5.82 Å². The summed E-state index contributed by atoms with van der Waals surface area (Å²) in [6.45, 7) is 5.44. The molecule has 0 fully saturated rings. The van der Waals surface area contributed by atoms with Gasteiger partial charge in [-0.25, -0.2) is 4.39 Å². The van der Waals surface area contributed by atoms with Crippen molar-refractivity contribution in [2.45, 2.75) is 6.92 Å². The van der Waals surface area contributed by atoms with Gasteiger partial charge in [0.05, 0.1) is 23.6 Å². The first-order valence-electron chi connectivity index (χ1n) is 6.34. The van der Waals surface area contributed by atoms with E-state index in [2.05, 4.69) is 11.3 Å². The molecule has 0 aliphatic rings. The van der Waals surface area contributed by atoms with E-state index < -0.39 is 23.6 Å². The number of rotatable bonds is 6. The van der Waals surface area contributed by atoms with Crippen LogP contribution in [0.25, 0.3) is 0 Å². The number of benzene rings is 1. The first-order valence-corrected chi connectivity index (χ1v) is 6.72.